The van der Waals surface area contributed by atoms with E-state index >= 15 is 0 Å². The number of hydrogen-bond acceptors (Lipinski definition) is 8. The highest BCUT2D eigenvalue weighted by Crippen LogP contribution is 2.21. The first-order chi connectivity index (χ1) is 13.6. The van der Waals surface area contributed by atoms with Gasteiger partial charge in [0.1, 0.15) is 13.2 Å². The van der Waals surface area contributed by atoms with E-state index in [1.54, 1.807) is 6.92 Å². The van der Waals surface area contributed by atoms with E-state index < -0.39 is 0 Å². The Morgan fingerprint density at radius 2 is 1.14 bits per heavy atom. The molecule has 0 rings (SSSR count). The summed E-state index contributed by atoms with van der Waals surface area (Å²) in [5, 5.41) is 0. The highest BCUT2D eigenvalue weighted by Gasteiger charge is 2.26. The number of ether oxygens (including phenoxy) is 6. The molecular weight excluding hydrogens is 368 g/mol. The zero-order chi connectivity index (χ0) is 21.0. The molecule has 0 amide bonds. The van der Waals surface area contributed by atoms with Crippen LogP contribution < -0.4 is 0 Å². The summed E-state index contributed by atoms with van der Waals surface area (Å²) in [6, 6.07) is 0. The summed E-state index contributed by atoms with van der Waals surface area (Å²) in [4.78, 5) is 24.1. The van der Waals surface area contributed by atoms with Gasteiger partial charge in [0.2, 0.25) is 0 Å². The molecule has 2 atom stereocenters. The van der Waals surface area contributed by atoms with Gasteiger partial charge in [-0.25, -0.2) is 0 Å². The normalized spacial score (nSPS) is 13.1. The van der Waals surface area contributed by atoms with Crippen LogP contribution in [0.5, 0.6) is 0 Å². The Kier molecular flexibility index (Phi) is 18.3. The van der Waals surface area contributed by atoms with Crippen molar-refractivity contribution in [3.05, 3.63) is 0 Å². The molecular formula is C20H38O8. The SMILES string of the molecule is CCOCCOCCOC(=O)CC(CC)C(C)C(=O)OCCOCCOCC. The quantitative estimate of drug-likeness (QED) is 0.238. The summed E-state index contributed by atoms with van der Waals surface area (Å²) >= 11 is 0. The Balaban J connectivity index is 3.91. The Labute approximate surface area is 169 Å². The average molecular weight is 407 g/mol. The van der Waals surface area contributed by atoms with Crippen LogP contribution in [0.3, 0.4) is 0 Å². The molecule has 0 bridgehead atoms. The van der Waals surface area contributed by atoms with Crippen LogP contribution in [0, 0.1) is 11.8 Å². The van der Waals surface area contributed by atoms with Crippen LogP contribution in [-0.4, -0.2) is 78.0 Å². The first-order valence-corrected chi connectivity index (χ1v) is 10.2. The largest absolute Gasteiger partial charge is 0.463 e. The molecule has 8 nitrogen and oxygen atoms in total. The van der Waals surface area contributed by atoms with Gasteiger partial charge in [-0.05, 0) is 19.8 Å². The van der Waals surface area contributed by atoms with Gasteiger partial charge >= 0.3 is 11.9 Å². The molecule has 0 aromatic heterocycles. The average Bonchev–Trinajstić information content (AvgIpc) is 2.70. The molecule has 166 valence electrons. The molecule has 0 N–H and O–H groups in total. The minimum atomic E-state index is -0.386. The molecule has 0 fully saturated rings. The number of carbonyl (C=O) groups excluding carboxylic acids is 2. The molecule has 0 heterocycles. The van der Waals surface area contributed by atoms with Gasteiger partial charge in [0.05, 0.1) is 45.6 Å². The molecule has 0 aromatic rings. The fourth-order valence-electron chi connectivity index (χ4n) is 2.42. The molecule has 2 unspecified atom stereocenters. The lowest BCUT2D eigenvalue weighted by atomic mass is 9.89. The van der Waals surface area contributed by atoms with Crippen molar-refractivity contribution in [1.82, 2.24) is 0 Å². The first kappa shape index (κ1) is 26.8. The van der Waals surface area contributed by atoms with Crippen molar-refractivity contribution in [3.63, 3.8) is 0 Å². The smallest absolute Gasteiger partial charge is 0.309 e. The molecule has 0 aliphatic rings. The maximum atomic E-state index is 12.2. The maximum Gasteiger partial charge on any atom is 0.309 e. The van der Waals surface area contributed by atoms with Crippen molar-refractivity contribution >= 4 is 11.9 Å². The zero-order valence-electron chi connectivity index (χ0n) is 17.9. The van der Waals surface area contributed by atoms with Crippen molar-refractivity contribution in [3.8, 4) is 0 Å². The predicted molar refractivity (Wildman–Crippen MR) is 104 cm³/mol. The number of esters is 2. The first-order valence-electron chi connectivity index (χ1n) is 10.2. The van der Waals surface area contributed by atoms with Gasteiger partial charge in [0.15, 0.2) is 0 Å². The molecule has 0 aliphatic carbocycles. The molecule has 0 spiro atoms. The van der Waals surface area contributed by atoms with E-state index in [-0.39, 0.29) is 43.4 Å². The Bertz CT molecular complexity index is 388. The second-order valence-corrected chi connectivity index (χ2v) is 6.17. The van der Waals surface area contributed by atoms with Crippen LogP contribution in [0.25, 0.3) is 0 Å². The minimum absolute atomic E-state index is 0.127. The van der Waals surface area contributed by atoms with Gasteiger partial charge in [-0.3, -0.25) is 9.59 Å². The van der Waals surface area contributed by atoms with Crippen molar-refractivity contribution < 1.29 is 38.0 Å². The van der Waals surface area contributed by atoms with E-state index in [9.17, 15) is 9.59 Å². The van der Waals surface area contributed by atoms with Gasteiger partial charge in [0.25, 0.3) is 0 Å². The Hall–Kier alpha value is -1.22. The molecule has 0 aromatic carbocycles. The van der Waals surface area contributed by atoms with Crippen LogP contribution >= 0.6 is 0 Å². The lowest BCUT2D eigenvalue weighted by Gasteiger charge is -2.20. The van der Waals surface area contributed by atoms with E-state index in [2.05, 4.69) is 0 Å². The number of carbonyl (C=O) groups is 2. The van der Waals surface area contributed by atoms with Crippen molar-refractivity contribution in [2.45, 2.75) is 40.5 Å². The summed E-state index contributed by atoms with van der Waals surface area (Å²) in [6.07, 6.45) is 0.859. The Morgan fingerprint density at radius 1 is 0.679 bits per heavy atom. The second kappa shape index (κ2) is 19.1. The van der Waals surface area contributed by atoms with Gasteiger partial charge in [-0.2, -0.15) is 0 Å². The topological polar surface area (TPSA) is 89.5 Å². The highest BCUT2D eigenvalue weighted by atomic mass is 16.6. The van der Waals surface area contributed by atoms with Gasteiger partial charge < -0.3 is 28.4 Å². The summed E-state index contributed by atoms with van der Waals surface area (Å²) in [6.45, 7) is 11.9. The fourth-order valence-corrected chi connectivity index (χ4v) is 2.42. The van der Waals surface area contributed by atoms with Crippen LogP contribution in [0.2, 0.25) is 0 Å². The van der Waals surface area contributed by atoms with Crippen LogP contribution in [0.1, 0.15) is 40.5 Å². The van der Waals surface area contributed by atoms with E-state index in [0.29, 0.717) is 59.3 Å². The number of hydrogen-bond donors (Lipinski definition) is 0. The van der Waals surface area contributed by atoms with Crippen molar-refractivity contribution in [2.75, 3.05) is 66.1 Å². The third-order valence-corrected chi connectivity index (χ3v) is 4.15. The summed E-state index contributed by atoms with van der Waals surface area (Å²) in [7, 11) is 0. The van der Waals surface area contributed by atoms with Crippen LogP contribution in [0.4, 0.5) is 0 Å². The van der Waals surface area contributed by atoms with Crippen LogP contribution in [-0.2, 0) is 38.0 Å². The molecule has 0 saturated heterocycles. The third kappa shape index (κ3) is 14.8. The number of rotatable bonds is 19. The summed E-state index contributed by atoms with van der Waals surface area (Å²) in [5.74, 6) is -1.17. The van der Waals surface area contributed by atoms with E-state index in [1.165, 1.54) is 0 Å². The lowest BCUT2D eigenvalue weighted by molar-refractivity contribution is -0.153. The van der Waals surface area contributed by atoms with E-state index in [4.69, 9.17) is 28.4 Å². The maximum absolute atomic E-state index is 12.2. The fraction of sp³-hybridized carbons (Fsp3) is 0.900. The summed E-state index contributed by atoms with van der Waals surface area (Å²) in [5.41, 5.74) is 0. The van der Waals surface area contributed by atoms with Gasteiger partial charge in [-0.1, -0.05) is 20.3 Å². The molecule has 0 radical (unpaired) electrons. The third-order valence-electron chi connectivity index (χ3n) is 4.15. The minimum Gasteiger partial charge on any atom is -0.463 e. The van der Waals surface area contributed by atoms with Gasteiger partial charge in [0, 0.05) is 19.6 Å². The molecule has 28 heavy (non-hydrogen) atoms. The molecule has 0 aliphatic heterocycles. The molecule has 8 heteroatoms. The summed E-state index contributed by atoms with van der Waals surface area (Å²) < 4.78 is 31.3. The van der Waals surface area contributed by atoms with Gasteiger partial charge in [-0.15, -0.1) is 0 Å². The van der Waals surface area contributed by atoms with E-state index in [1.807, 2.05) is 20.8 Å². The Morgan fingerprint density at radius 3 is 1.64 bits per heavy atom. The van der Waals surface area contributed by atoms with Crippen LogP contribution in [0.15, 0.2) is 0 Å². The second-order valence-electron chi connectivity index (χ2n) is 6.17. The standard InChI is InChI=1S/C20H38O8/c1-5-18(16-19(21)27-14-12-25-10-8-23-6-2)17(4)20(22)28-15-13-26-11-9-24-7-3/h17-18H,5-16H2,1-4H3. The zero-order valence-corrected chi connectivity index (χ0v) is 17.9. The highest BCUT2D eigenvalue weighted by molar-refractivity contribution is 5.75. The monoisotopic (exact) mass is 406 g/mol. The van der Waals surface area contributed by atoms with E-state index in [0.717, 1.165) is 0 Å². The van der Waals surface area contributed by atoms with Crippen molar-refractivity contribution in [1.29, 1.82) is 0 Å². The molecule has 0 saturated carbocycles. The van der Waals surface area contributed by atoms with Crippen molar-refractivity contribution in [2.24, 2.45) is 11.8 Å². The predicted octanol–water partition coefficient (Wildman–Crippen LogP) is 2.23. The lowest BCUT2D eigenvalue weighted by Crippen LogP contribution is -2.27.